The largest absolute Gasteiger partial charge is 0.378 e. The molecular formula is C20H23N3O3. The third-order valence-corrected chi connectivity index (χ3v) is 4.80. The average molecular weight is 353 g/mol. The van der Waals surface area contributed by atoms with Crippen molar-refractivity contribution in [3.63, 3.8) is 0 Å². The van der Waals surface area contributed by atoms with Gasteiger partial charge in [0.2, 0.25) is 0 Å². The fourth-order valence-electron chi connectivity index (χ4n) is 3.31. The first-order valence-corrected chi connectivity index (χ1v) is 8.82. The number of fused-ring (bicyclic) bond motifs is 1. The summed E-state index contributed by atoms with van der Waals surface area (Å²) in [6, 6.07) is 12.1. The maximum atomic E-state index is 9.70. The van der Waals surface area contributed by atoms with E-state index >= 15 is 0 Å². The average Bonchev–Trinajstić information content (AvgIpc) is 3.10. The predicted octanol–water partition coefficient (Wildman–Crippen LogP) is 2.56. The highest BCUT2D eigenvalue weighted by atomic mass is 16.6. The maximum absolute atomic E-state index is 9.70. The number of methoxy groups -OCH3 is 1. The lowest BCUT2D eigenvalue weighted by Gasteiger charge is -2.28. The fourth-order valence-corrected chi connectivity index (χ4v) is 3.31. The van der Waals surface area contributed by atoms with Gasteiger partial charge in [-0.15, -0.1) is 0 Å². The number of aromatic nitrogens is 2. The van der Waals surface area contributed by atoms with Gasteiger partial charge in [-0.3, -0.25) is 0 Å². The lowest BCUT2D eigenvalue weighted by molar-refractivity contribution is -0.0769. The van der Waals surface area contributed by atoms with E-state index in [1.54, 1.807) is 0 Å². The van der Waals surface area contributed by atoms with Crippen LogP contribution in [0.3, 0.4) is 0 Å². The fraction of sp³-hybridized carbons (Fsp3) is 0.350. The number of nitrogens with zero attached hydrogens (tertiary/aromatic N) is 3. The van der Waals surface area contributed by atoms with Gasteiger partial charge in [-0.1, -0.05) is 24.3 Å². The van der Waals surface area contributed by atoms with Gasteiger partial charge < -0.3 is 24.0 Å². The molecule has 1 aromatic carbocycles. The van der Waals surface area contributed by atoms with Crippen molar-refractivity contribution in [3.8, 4) is 0 Å². The molecule has 2 aromatic heterocycles. The van der Waals surface area contributed by atoms with Crippen LogP contribution in [0.25, 0.3) is 11.0 Å². The molecule has 0 amide bonds. The van der Waals surface area contributed by atoms with Crippen LogP contribution in [0.5, 0.6) is 0 Å². The molecule has 1 aliphatic heterocycles. The molecule has 6 nitrogen and oxygen atoms in total. The van der Waals surface area contributed by atoms with Crippen molar-refractivity contribution >= 4 is 16.7 Å². The van der Waals surface area contributed by atoms with Gasteiger partial charge in [0.25, 0.3) is 0 Å². The summed E-state index contributed by atoms with van der Waals surface area (Å²) in [5.74, 6) is 0. The van der Waals surface area contributed by atoms with Gasteiger partial charge in [0, 0.05) is 43.9 Å². The first-order chi connectivity index (χ1) is 12.7. The zero-order valence-electron chi connectivity index (χ0n) is 14.8. The minimum absolute atomic E-state index is 0.733. The van der Waals surface area contributed by atoms with E-state index in [0.29, 0.717) is 0 Å². The van der Waals surface area contributed by atoms with Gasteiger partial charge in [-0.2, -0.15) is 0 Å². The minimum Gasteiger partial charge on any atom is -0.378 e. The highest BCUT2D eigenvalue weighted by Crippen LogP contribution is 2.23. The summed E-state index contributed by atoms with van der Waals surface area (Å²) in [7, 11) is 1.49. The molecule has 1 N–H and O–H groups in total. The molecule has 0 spiro atoms. The Morgan fingerprint density at radius 1 is 1.19 bits per heavy atom. The van der Waals surface area contributed by atoms with Gasteiger partial charge in [-0.05, 0) is 17.7 Å². The first kappa shape index (κ1) is 17.0. The van der Waals surface area contributed by atoms with E-state index in [9.17, 15) is 5.11 Å². The van der Waals surface area contributed by atoms with Crippen molar-refractivity contribution < 1.29 is 14.6 Å². The van der Waals surface area contributed by atoms with Crippen LogP contribution in [0.15, 0.2) is 48.8 Å². The summed E-state index contributed by atoms with van der Waals surface area (Å²) < 4.78 is 12.5. The van der Waals surface area contributed by atoms with Gasteiger partial charge in [0.15, 0.2) is 6.29 Å². The molecule has 1 saturated heterocycles. The Labute approximate surface area is 152 Å². The molecule has 6 heteroatoms. The highest BCUT2D eigenvalue weighted by Gasteiger charge is 2.13. The van der Waals surface area contributed by atoms with Crippen molar-refractivity contribution in [2.45, 2.75) is 12.8 Å². The van der Waals surface area contributed by atoms with Gasteiger partial charge >= 0.3 is 0 Å². The first-order valence-electron chi connectivity index (χ1n) is 8.82. The highest BCUT2D eigenvalue weighted by molar-refractivity contribution is 5.80. The summed E-state index contributed by atoms with van der Waals surface area (Å²) in [4.78, 5) is 7.00. The lowest BCUT2D eigenvalue weighted by Crippen LogP contribution is -2.36. The minimum atomic E-state index is -0.878. The second-order valence-electron chi connectivity index (χ2n) is 6.48. The van der Waals surface area contributed by atoms with E-state index in [2.05, 4.69) is 27.8 Å². The quantitative estimate of drug-likeness (QED) is 0.715. The van der Waals surface area contributed by atoms with E-state index in [-0.39, 0.29) is 0 Å². The number of benzene rings is 1. The molecule has 1 aliphatic rings. The number of anilines is 1. The molecule has 0 bridgehead atoms. The van der Waals surface area contributed by atoms with Crippen molar-refractivity contribution in [2.24, 2.45) is 0 Å². The molecular weight excluding hydrogens is 330 g/mol. The Kier molecular flexibility index (Phi) is 4.88. The monoisotopic (exact) mass is 353 g/mol. The van der Waals surface area contributed by atoms with Crippen LogP contribution in [0, 0.1) is 0 Å². The Morgan fingerprint density at radius 2 is 1.96 bits per heavy atom. The molecule has 0 radical (unpaired) electrons. The molecule has 1 atom stereocenters. The van der Waals surface area contributed by atoms with Crippen molar-refractivity contribution in [1.82, 2.24) is 9.55 Å². The van der Waals surface area contributed by atoms with E-state index in [4.69, 9.17) is 14.5 Å². The molecule has 0 saturated carbocycles. The third-order valence-electron chi connectivity index (χ3n) is 4.80. The summed E-state index contributed by atoms with van der Waals surface area (Å²) in [5.41, 5.74) is 4.02. The summed E-state index contributed by atoms with van der Waals surface area (Å²) >= 11 is 0. The normalized spacial score (nSPS) is 16.2. The van der Waals surface area contributed by atoms with E-state index < -0.39 is 6.29 Å². The van der Waals surface area contributed by atoms with Gasteiger partial charge in [-0.25, -0.2) is 4.98 Å². The van der Waals surface area contributed by atoms with Crippen LogP contribution >= 0.6 is 0 Å². The van der Waals surface area contributed by atoms with Crippen LogP contribution in [0.4, 0.5) is 5.69 Å². The standard InChI is InChI=1S/C20H23N3O3/c1-25-20(24)16-4-2-15(3-5-16)14-23-7-6-17-12-18(13-21-19(17)23)22-8-10-26-11-9-22/h2-7,12-13,20,24H,8-11,14H2,1H3. The van der Waals surface area contributed by atoms with Gasteiger partial charge in [0.1, 0.15) is 5.65 Å². The number of aliphatic hydroxyl groups excluding tert-OH is 1. The molecule has 26 heavy (non-hydrogen) atoms. The summed E-state index contributed by atoms with van der Waals surface area (Å²) in [6.07, 6.45) is 3.14. The number of hydrogen-bond donors (Lipinski definition) is 1. The van der Waals surface area contributed by atoms with Crippen LogP contribution in [0.2, 0.25) is 0 Å². The van der Waals surface area contributed by atoms with Crippen molar-refractivity contribution in [1.29, 1.82) is 0 Å². The van der Waals surface area contributed by atoms with E-state index in [1.165, 1.54) is 7.11 Å². The van der Waals surface area contributed by atoms with Crippen LogP contribution in [-0.2, 0) is 16.0 Å². The second-order valence-corrected chi connectivity index (χ2v) is 6.48. The van der Waals surface area contributed by atoms with Crippen molar-refractivity contribution in [3.05, 3.63) is 59.9 Å². The SMILES string of the molecule is COC(O)c1ccc(Cn2ccc3cc(N4CCOCC4)cnc32)cc1. The van der Waals surface area contributed by atoms with Gasteiger partial charge in [0.05, 0.1) is 25.1 Å². The van der Waals surface area contributed by atoms with Crippen LogP contribution < -0.4 is 4.90 Å². The smallest absolute Gasteiger partial charge is 0.180 e. The Balaban J connectivity index is 1.53. The Hall–Kier alpha value is -2.41. The molecule has 3 aromatic rings. The number of ether oxygens (including phenoxy) is 2. The maximum Gasteiger partial charge on any atom is 0.180 e. The van der Waals surface area contributed by atoms with Crippen LogP contribution in [0.1, 0.15) is 17.4 Å². The van der Waals surface area contributed by atoms with Crippen molar-refractivity contribution in [2.75, 3.05) is 38.3 Å². The predicted molar refractivity (Wildman–Crippen MR) is 100 cm³/mol. The molecule has 1 fully saturated rings. The number of aliphatic hydroxyl groups is 1. The van der Waals surface area contributed by atoms with E-state index in [1.807, 2.05) is 30.5 Å². The molecule has 136 valence electrons. The van der Waals surface area contributed by atoms with E-state index in [0.717, 1.165) is 60.7 Å². The number of rotatable bonds is 5. The molecule has 4 rings (SSSR count). The molecule has 1 unspecified atom stereocenters. The Morgan fingerprint density at radius 3 is 2.69 bits per heavy atom. The summed E-state index contributed by atoms with van der Waals surface area (Å²) in [5, 5.41) is 10.8. The molecule has 3 heterocycles. The number of pyridine rings is 1. The molecule has 0 aliphatic carbocycles. The zero-order chi connectivity index (χ0) is 17.9. The number of hydrogen-bond acceptors (Lipinski definition) is 5. The zero-order valence-corrected chi connectivity index (χ0v) is 14.8. The van der Waals surface area contributed by atoms with Crippen LogP contribution in [-0.4, -0.2) is 48.1 Å². The number of morpholine rings is 1. The third kappa shape index (κ3) is 3.44. The topological polar surface area (TPSA) is 59.8 Å². The summed E-state index contributed by atoms with van der Waals surface area (Å²) in [6.45, 7) is 4.09. The lowest BCUT2D eigenvalue weighted by atomic mass is 10.1. The second kappa shape index (κ2) is 7.45. The Bertz CT molecular complexity index is 870.